The molecule has 3 aromatic carbocycles. The first kappa shape index (κ1) is 25.7. The molecule has 1 N–H and O–H groups in total. The topological polar surface area (TPSA) is 75.7 Å². The van der Waals surface area contributed by atoms with Crippen LogP contribution in [-0.2, 0) is 21.4 Å². The zero-order valence-corrected chi connectivity index (χ0v) is 21.3. The van der Waals surface area contributed by atoms with Crippen molar-refractivity contribution in [1.82, 2.24) is 4.31 Å². The summed E-state index contributed by atoms with van der Waals surface area (Å²) in [5.74, 6) is 0.0581. The van der Waals surface area contributed by atoms with E-state index in [1.807, 2.05) is 26.0 Å². The standard InChI is InChI=1S/C26H29ClN2O4S/c1-5-33-24-9-7-6-8-23(24)28-25(30)17-29(16-21-10-12-22(27)13-11-21)34(31,32)26-19(3)14-18(2)15-20(26)4/h6-15H,5,16-17H2,1-4H3,(H,28,30). The third-order valence-electron chi connectivity index (χ3n) is 5.26. The van der Waals surface area contributed by atoms with Gasteiger partial charge >= 0.3 is 0 Å². The van der Waals surface area contributed by atoms with Gasteiger partial charge in [-0.15, -0.1) is 0 Å². The molecule has 0 aliphatic rings. The number of hydrogen-bond acceptors (Lipinski definition) is 4. The van der Waals surface area contributed by atoms with Crippen LogP contribution >= 0.6 is 11.6 Å². The minimum atomic E-state index is -3.99. The number of benzene rings is 3. The van der Waals surface area contributed by atoms with E-state index >= 15 is 0 Å². The quantitative estimate of drug-likeness (QED) is 0.421. The molecule has 0 bridgehead atoms. The molecule has 3 rings (SSSR count). The lowest BCUT2D eigenvalue weighted by Gasteiger charge is -2.24. The number of nitrogens with zero attached hydrogens (tertiary/aromatic N) is 1. The maximum absolute atomic E-state index is 13.8. The van der Waals surface area contributed by atoms with E-state index in [4.69, 9.17) is 16.3 Å². The van der Waals surface area contributed by atoms with Crippen LogP contribution in [0.3, 0.4) is 0 Å². The molecule has 0 aromatic heterocycles. The van der Waals surface area contributed by atoms with E-state index < -0.39 is 15.9 Å². The number of carbonyl (C=O) groups excluding carboxylic acids is 1. The number of rotatable bonds is 9. The fourth-order valence-corrected chi connectivity index (χ4v) is 5.85. The van der Waals surface area contributed by atoms with Crippen molar-refractivity contribution in [1.29, 1.82) is 0 Å². The van der Waals surface area contributed by atoms with Crippen LogP contribution in [0.5, 0.6) is 5.75 Å². The van der Waals surface area contributed by atoms with Gasteiger partial charge in [0, 0.05) is 11.6 Å². The Kier molecular flexibility index (Phi) is 8.36. The van der Waals surface area contributed by atoms with Crippen molar-refractivity contribution in [3.8, 4) is 5.75 Å². The summed E-state index contributed by atoms with van der Waals surface area (Å²) in [5.41, 5.74) is 3.46. The van der Waals surface area contributed by atoms with E-state index in [1.54, 1.807) is 62.4 Å². The number of halogens is 1. The summed E-state index contributed by atoms with van der Waals surface area (Å²) in [6, 6.07) is 17.6. The second-order valence-electron chi connectivity index (χ2n) is 8.10. The number of hydrogen-bond donors (Lipinski definition) is 1. The van der Waals surface area contributed by atoms with Crippen LogP contribution in [-0.4, -0.2) is 31.8 Å². The number of ether oxygens (including phenoxy) is 1. The van der Waals surface area contributed by atoms with Gasteiger partial charge in [-0.3, -0.25) is 4.79 Å². The summed E-state index contributed by atoms with van der Waals surface area (Å²) >= 11 is 6.00. The maximum atomic E-state index is 13.8. The Morgan fingerprint density at radius 3 is 2.24 bits per heavy atom. The Morgan fingerprint density at radius 2 is 1.62 bits per heavy atom. The van der Waals surface area contributed by atoms with E-state index in [-0.39, 0.29) is 18.0 Å². The lowest BCUT2D eigenvalue weighted by molar-refractivity contribution is -0.116. The van der Waals surface area contributed by atoms with Crippen LogP contribution in [0.2, 0.25) is 5.02 Å². The molecule has 34 heavy (non-hydrogen) atoms. The highest BCUT2D eigenvalue weighted by molar-refractivity contribution is 7.89. The summed E-state index contributed by atoms with van der Waals surface area (Å²) < 4.78 is 34.4. The van der Waals surface area contributed by atoms with E-state index in [9.17, 15) is 13.2 Å². The molecule has 1 amide bonds. The van der Waals surface area contributed by atoms with E-state index in [2.05, 4.69) is 5.32 Å². The number of aryl methyl sites for hydroxylation is 3. The summed E-state index contributed by atoms with van der Waals surface area (Å²) in [5, 5.41) is 3.34. The SMILES string of the molecule is CCOc1ccccc1NC(=O)CN(Cc1ccc(Cl)cc1)S(=O)(=O)c1c(C)cc(C)cc1C. The Balaban J connectivity index is 1.96. The van der Waals surface area contributed by atoms with Crippen LogP contribution in [0.25, 0.3) is 0 Å². The summed E-state index contributed by atoms with van der Waals surface area (Å²) in [6.45, 7) is 7.41. The molecule has 0 aliphatic carbocycles. The van der Waals surface area contributed by atoms with Crippen molar-refractivity contribution in [3.05, 3.63) is 87.9 Å². The molecule has 0 saturated heterocycles. The molecule has 0 heterocycles. The second-order valence-corrected chi connectivity index (χ2v) is 10.4. The summed E-state index contributed by atoms with van der Waals surface area (Å²) in [7, 11) is -3.99. The van der Waals surface area contributed by atoms with Crippen LogP contribution in [0.4, 0.5) is 5.69 Å². The van der Waals surface area contributed by atoms with Crippen LogP contribution in [0.15, 0.2) is 65.6 Å². The molecule has 0 saturated carbocycles. The van der Waals surface area contributed by atoms with Gasteiger partial charge in [0.25, 0.3) is 0 Å². The minimum Gasteiger partial charge on any atom is -0.492 e. The first-order valence-corrected chi connectivity index (χ1v) is 12.8. The van der Waals surface area contributed by atoms with Gasteiger partial charge in [0.2, 0.25) is 15.9 Å². The van der Waals surface area contributed by atoms with Crippen molar-refractivity contribution in [3.63, 3.8) is 0 Å². The van der Waals surface area contributed by atoms with Crippen molar-refractivity contribution >= 4 is 33.2 Å². The number of amides is 1. The molecule has 0 atom stereocenters. The van der Waals surface area contributed by atoms with E-state index in [0.29, 0.717) is 34.2 Å². The molecule has 6 nitrogen and oxygen atoms in total. The lowest BCUT2D eigenvalue weighted by Crippen LogP contribution is -2.38. The second kappa shape index (κ2) is 11.0. The maximum Gasteiger partial charge on any atom is 0.244 e. The Bertz CT molecular complexity index is 1250. The summed E-state index contributed by atoms with van der Waals surface area (Å²) in [4.78, 5) is 13.2. The van der Waals surface area contributed by atoms with Crippen molar-refractivity contribution in [2.75, 3.05) is 18.5 Å². The molecule has 0 spiro atoms. The molecular weight excluding hydrogens is 472 g/mol. The normalized spacial score (nSPS) is 11.5. The minimum absolute atomic E-state index is 0.0206. The molecule has 0 radical (unpaired) electrons. The number of anilines is 1. The largest absolute Gasteiger partial charge is 0.492 e. The number of sulfonamides is 1. The van der Waals surface area contributed by atoms with E-state index in [0.717, 1.165) is 11.1 Å². The molecule has 0 aliphatic heterocycles. The van der Waals surface area contributed by atoms with Crippen molar-refractivity contribution < 1.29 is 17.9 Å². The number of para-hydroxylation sites is 2. The molecule has 180 valence electrons. The van der Waals surface area contributed by atoms with Gasteiger partial charge in [0.1, 0.15) is 5.75 Å². The Labute approximate surface area is 206 Å². The monoisotopic (exact) mass is 500 g/mol. The first-order valence-electron chi connectivity index (χ1n) is 11.0. The lowest BCUT2D eigenvalue weighted by atomic mass is 10.1. The van der Waals surface area contributed by atoms with E-state index in [1.165, 1.54) is 4.31 Å². The smallest absolute Gasteiger partial charge is 0.244 e. The molecule has 8 heteroatoms. The first-order chi connectivity index (χ1) is 16.1. The third kappa shape index (κ3) is 6.17. The fourth-order valence-electron chi connectivity index (χ4n) is 3.92. The fraction of sp³-hybridized carbons (Fsp3) is 0.269. The average molecular weight is 501 g/mol. The van der Waals surface area contributed by atoms with Gasteiger partial charge in [-0.1, -0.05) is 53.6 Å². The molecule has 0 fully saturated rings. The average Bonchev–Trinajstić information content (AvgIpc) is 2.75. The van der Waals surface area contributed by atoms with Crippen molar-refractivity contribution in [2.24, 2.45) is 0 Å². The zero-order chi connectivity index (χ0) is 24.9. The van der Waals surface area contributed by atoms with Gasteiger partial charge in [0.05, 0.1) is 23.7 Å². The highest BCUT2D eigenvalue weighted by Crippen LogP contribution is 2.28. The van der Waals surface area contributed by atoms with Crippen LogP contribution in [0, 0.1) is 20.8 Å². The number of carbonyl (C=O) groups is 1. The van der Waals surface area contributed by atoms with Gasteiger partial charge in [0.15, 0.2) is 0 Å². The molecular formula is C26H29ClN2O4S. The van der Waals surface area contributed by atoms with Gasteiger partial charge < -0.3 is 10.1 Å². The highest BCUT2D eigenvalue weighted by atomic mass is 35.5. The van der Waals surface area contributed by atoms with Crippen LogP contribution < -0.4 is 10.1 Å². The van der Waals surface area contributed by atoms with Crippen LogP contribution in [0.1, 0.15) is 29.2 Å². The van der Waals surface area contributed by atoms with Gasteiger partial charge in [-0.25, -0.2) is 8.42 Å². The highest BCUT2D eigenvalue weighted by Gasteiger charge is 2.30. The van der Waals surface area contributed by atoms with Gasteiger partial charge in [-0.2, -0.15) is 4.31 Å². The molecule has 3 aromatic rings. The van der Waals surface area contributed by atoms with Crippen molar-refractivity contribution in [2.45, 2.75) is 39.1 Å². The third-order valence-corrected chi connectivity index (χ3v) is 7.61. The predicted molar refractivity (Wildman–Crippen MR) is 136 cm³/mol. The molecule has 0 unspecified atom stereocenters. The predicted octanol–water partition coefficient (Wildman–Crippen LogP) is 5.49. The van der Waals surface area contributed by atoms with Gasteiger partial charge in [-0.05, 0) is 68.7 Å². The summed E-state index contributed by atoms with van der Waals surface area (Å²) in [6.07, 6.45) is 0. The number of nitrogens with one attached hydrogen (secondary N) is 1. The Morgan fingerprint density at radius 1 is 1.00 bits per heavy atom. The Hall–Kier alpha value is -2.87. The zero-order valence-electron chi connectivity index (χ0n) is 19.8.